The molecule has 0 amide bonds. The number of aromatic nitrogens is 3. The summed E-state index contributed by atoms with van der Waals surface area (Å²) in [6.07, 6.45) is 8.06. The molecule has 0 saturated heterocycles. The lowest BCUT2D eigenvalue weighted by molar-refractivity contribution is 0.674. The van der Waals surface area contributed by atoms with Gasteiger partial charge in [0.25, 0.3) is 0 Å². The summed E-state index contributed by atoms with van der Waals surface area (Å²) in [7, 11) is 0. The highest BCUT2D eigenvalue weighted by Crippen LogP contribution is 2.33. The normalized spacial score (nSPS) is 12.6. The third kappa shape index (κ3) is 2.34. The Bertz CT molecular complexity index is 905. The number of fused-ring (bicyclic) bond motifs is 1. The molecule has 0 aliphatic heterocycles. The van der Waals surface area contributed by atoms with Crippen molar-refractivity contribution in [3.05, 3.63) is 90.6 Å². The Hall–Kier alpha value is -2.81. The number of imidazole rings is 1. The Morgan fingerprint density at radius 1 is 1.00 bits per heavy atom. The summed E-state index contributed by atoms with van der Waals surface area (Å²) in [5.41, 5.74) is 3.86. The highest BCUT2D eigenvalue weighted by molar-refractivity contribution is 5.85. The van der Waals surface area contributed by atoms with E-state index >= 15 is 0 Å². The van der Waals surface area contributed by atoms with Crippen molar-refractivity contribution in [2.24, 2.45) is 0 Å². The number of hydrogen-bond acceptors (Lipinski definition) is 1. The Morgan fingerprint density at radius 3 is 2.52 bits per heavy atom. The zero-order valence-electron chi connectivity index (χ0n) is 13.1. The molecular formula is C20H19N3. The van der Waals surface area contributed by atoms with Crippen LogP contribution in [0.1, 0.15) is 24.1 Å². The Labute approximate surface area is 135 Å². The van der Waals surface area contributed by atoms with E-state index < -0.39 is 0 Å². The van der Waals surface area contributed by atoms with Crippen LogP contribution < -0.4 is 0 Å². The van der Waals surface area contributed by atoms with Crippen LogP contribution in [0.15, 0.2) is 79.5 Å². The van der Waals surface area contributed by atoms with Crippen molar-refractivity contribution < 1.29 is 0 Å². The molecule has 2 aromatic heterocycles. The minimum absolute atomic E-state index is 0.136. The molecule has 4 rings (SSSR count). The number of rotatable bonds is 4. The second-order valence-electron chi connectivity index (χ2n) is 5.71. The van der Waals surface area contributed by atoms with Gasteiger partial charge in [-0.3, -0.25) is 0 Å². The van der Waals surface area contributed by atoms with Crippen molar-refractivity contribution in [1.29, 1.82) is 0 Å². The smallest absolute Gasteiger partial charge is 0.0954 e. The van der Waals surface area contributed by atoms with Gasteiger partial charge in [-0.05, 0) is 18.6 Å². The van der Waals surface area contributed by atoms with Gasteiger partial charge in [0.15, 0.2) is 0 Å². The Balaban J connectivity index is 1.98. The third-order valence-corrected chi connectivity index (χ3v) is 4.39. The fourth-order valence-corrected chi connectivity index (χ4v) is 3.32. The van der Waals surface area contributed by atoms with Gasteiger partial charge in [-0.2, -0.15) is 0 Å². The van der Waals surface area contributed by atoms with E-state index in [9.17, 15) is 0 Å². The van der Waals surface area contributed by atoms with Gasteiger partial charge in [0.1, 0.15) is 0 Å². The van der Waals surface area contributed by atoms with E-state index in [-0.39, 0.29) is 6.04 Å². The fourth-order valence-electron chi connectivity index (χ4n) is 3.32. The van der Waals surface area contributed by atoms with E-state index in [0.29, 0.717) is 0 Å². The average molecular weight is 301 g/mol. The topological polar surface area (TPSA) is 22.8 Å². The first-order valence-corrected chi connectivity index (χ1v) is 7.98. The summed E-state index contributed by atoms with van der Waals surface area (Å²) in [6, 6.07) is 19.4. The van der Waals surface area contributed by atoms with Gasteiger partial charge < -0.3 is 9.13 Å². The molecular weight excluding hydrogens is 282 g/mol. The SMILES string of the molecule is CCn1cc(C(c2ccccc2)n2ccnc2)c2ccccc21. The van der Waals surface area contributed by atoms with Gasteiger partial charge in [-0.25, -0.2) is 4.98 Å². The number of hydrogen-bond donors (Lipinski definition) is 0. The summed E-state index contributed by atoms with van der Waals surface area (Å²) in [4.78, 5) is 4.26. The van der Waals surface area contributed by atoms with Crippen LogP contribution in [0.25, 0.3) is 10.9 Å². The minimum atomic E-state index is 0.136. The maximum absolute atomic E-state index is 4.26. The predicted molar refractivity (Wildman–Crippen MR) is 93.5 cm³/mol. The molecule has 4 aromatic rings. The standard InChI is InChI=1S/C20H19N3/c1-2-22-14-18(17-10-6-7-11-19(17)22)20(23-13-12-21-15-23)16-8-4-3-5-9-16/h3-15,20H,2H2,1H3. The van der Waals surface area contributed by atoms with Crippen LogP contribution in [0.3, 0.4) is 0 Å². The fraction of sp³-hybridized carbons (Fsp3) is 0.150. The zero-order valence-corrected chi connectivity index (χ0v) is 13.1. The maximum atomic E-state index is 4.26. The number of para-hydroxylation sites is 1. The van der Waals surface area contributed by atoms with Crippen molar-refractivity contribution >= 4 is 10.9 Å². The first-order chi connectivity index (χ1) is 11.4. The molecule has 23 heavy (non-hydrogen) atoms. The highest BCUT2D eigenvalue weighted by atomic mass is 15.1. The van der Waals surface area contributed by atoms with Gasteiger partial charge >= 0.3 is 0 Å². The summed E-state index contributed by atoms with van der Waals surface area (Å²) >= 11 is 0. The van der Waals surface area contributed by atoms with E-state index in [1.165, 1.54) is 22.0 Å². The molecule has 0 saturated carbocycles. The van der Waals surface area contributed by atoms with Crippen molar-refractivity contribution in [1.82, 2.24) is 14.1 Å². The largest absolute Gasteiger partial charge is 0.347 e. The predicted octanol–water partition coefficient (Wildman–Crippen LogP) is 4.50. The second-order valence-corrected chi connectivity index (χ2v) is 5.71. The second kappa shape index (κ2) is 5.76. The van der Waals surface area contributed by atoms with E-state index in [1.54, 1.807) is 0 Å². The van der Waals surface area contributed by atoms with Gasteiger partial charge in [-0.1, -0.05) is 48.5 Å². The first kappa shape index (κ1) is 13.8. The van der Waals surface area contributed by atoms with Crippen LogP contribution >= 0.6 is 0 Å². The van der Waals surface area contributed by atoms with Crippen LogP contribution in [0.2, 0.25) is 0 Å². The van der Waals surface area contributed by atoms with Gasteiger partial charge in [-0.15, -0.1) is 0 Å². The van der Waals surface area contributed by atoms with Crippen LogP contribution in [0.5, 0.6) is 0 Å². The molecule has 0 aliphatic carbocycles. The summed E-state index contributed by atoms with van der Waals surface area (Å²) in [6.45, 7) is 3.15. The monoisotopic (exact) mass is 301 g/mol. The molecule has 0 N–H and O–H groups in total. The molecule has 2 aromatic carbocycles. The van der Waals surface area contributed by atoms with E-state index in [2.05, 4.69) is 81.8 Å². The molecule has 3 heteroatoms. The van der Waals surface area contributed by atoms with Crippen LogP contribution in [0.4, 0.5) is 0 Å². The van der Waals surface area contributed by atoms with Crippen LogP contribution in [-0.4, -0.2) is 14.1 Å². The molecule has 1 atom stereocenters. The first-order valence-electron chi connectivity index (χ1n) is 7.98. The van der Waals surface area contributed by atoms with E-state index in [0.717, 1.165) is 6.54 Å². The molecule has 1 unspecified atom stereocenters. The lowest BCUT2D eigenvalue weighted by Gasteiger charge is -2.19. The van der Waals surface area contributed by atoms with Crippen LogP contribution in [0, 0.1) is 0 Å². The van der Waals surface area contributed by atoms with Crippen molar-refractivity contribution in [2.45, 2.75) is 19.5 Å². The summed E-state index contributed by atoms with van der Waals surface area (Å²) in [5.74, 6) is 0. The lowest BCUT2D eigenvalue weighted by Crippen LogP contribution is -2.10. The van der Waals surface area contributed by atoms with E-state index in [1.807, 2.05) is 18.7 Å². The quantitative estimate of drug-likeness (QED) is 0.544. The molecule has 0 bridgehead atoms. The molecule has 0 spiro atoms. The van der Waals surface area contributed by atoms with Crippen molar-refractivity contribution in [3.63, 3.8) is 0 Å². The highest BCUT2D eigenvalue weighted by Gasteiger charge is 2.20. The van der Waals surface area contributed by atoms with Crippen molar-refractivity contribution in [3.8, 4) is 0 Å². The summed E-state index contributed by atoms with van der Waals surface area (Å²) in [5, 5.41) is 1.30. The average Bonchev–Trinajstić information content (AvgIpc) is 3.25. The molecule has 114 valence electrons. The molecule has 3 nitrogen and oxygen atoms in total. The minimum Gasteiger partial charge on any atom is -0.347 e. The zero-order chi connectivity index (χ0) is 15.6. The molecule has 0 radical (unpaired) electrons. The number of nitrogens with zero attached hydrogens (tertiary/aromatic N) is 3. The number of aryl methyl sites for hydroxylation is 1. The Kier molecular flexibility index (Phi) is 3.46. The van der Waals surface area contributed by atoms with Crippen molar-refractivity contribution in [2.75, 3.05) is 0 Å². The lowest BCUT2D eigenvalue weighted by atomic mass is 9.98. The number of benzene rings is 2. The van der Waals surface area contributed by atoms with Gasteiger partial charge in [0.05, 0.1) is 12.4 Å². The third-order valence-electron chi connectivity index (χ3n) is 4.39. The summed E-state index contributed by atoms with van der Waals surface area (Å²) < 4.78 is 4.49. The van der Waals surface area contributed by atoms with E-state index in [4.69, 9.17) is 0 Å². The van der Waals surface area contributed by atoms with Crippen LogP contribution in [-0.2, 0) is 6.54 Å². The molecule has 0 fully saturated rings. The van der Waals surface area contributed by atoms with Gasteiger partial charge in [0.2, 0.25) is 0 Å². The molecule has 2 heterocycles. The Morgan fingerprint density at radius 2 is 1.78 bits per heavy atom. The maximum Gasteiger partial charge on any atom is 0.0954 e. The van der Waals surface area contributed by atoms with Gasteiger partial charge in [0, 0.05) is 41.6 Å². The molecule has 0 aliphatic rings.